The highest BCUT2D eigenvalue weighted by Crippen LogP contribution is 2.70. The Labute approximate surface area is 253 Å². The maximum absolute atomic E-state index is 13.5. The van der Waals surface area contributed by atoms with Gasteiger partial charge in [-0.15, -0.1) is 0 Å². The molecule has 3 saturated carbocycles. The summed E-state index contributed by atoms with van der Waals surface area (Å²) in [5.74, 6) is 1.37. The molecule has 41 heavy (non-hydrogen) atoms. The first kappa shape index (κ1) is 33.7. The van der Waals surface area contributed by atoms with Gasteiger partial charge in [0.25, 0.3) is 0 Å². The molecule has 0 radical (unpaired) electrons. The van der Waals surface area contributed by atoms with E-state index in [0.29, 0.717) is 31.7 Å². The number of carbonyl (C=O) groups is 1. The Kier molecular flexibility index (Phi) is 9.87. The molecule has 4 aliphatic rings. The Morgan fingerprint density at radius 2 is 1.61 bits per heavy atom. The normalized spacial score (nSPS) is 34.3. The summed E-state index contributed by atoms with van der Waals surface area (Å²) in [5, 5.41) is 1.32. The molecule has 0 heterocycles. The lowest BCUT2D eigenvalue weighted by Gasteiger charge is -2.52. The zero-order valence-electron chi connectivity index (χ0n) is 28.3. The molecule has 0 aromatic heterocycles. The first-order valence-electron chi connectivity index (χ1n) is 16.1. The van der Waals surface area contributed by atoms with Crippen molar-refractivity contribution in [2.75, 3.05) is 27.3 Å². The summed E-state index contributed by atoms with van der Waals surface area (Å²) in [6, 6.07) is 1.13. The third-order valence-electron chi connectivity index (χ3n) is 11.1. The van der Waals surface area contributed by atoms with E-state index in [1.807, 2.05) is 0 Å². The number of carbonyl (C=O) groups excluding carboxylic acids is 1. The van der Waals surface area contributed by atoms with Crippen molar-refractivity contribution in [3.05, 3.63) is 10.8 Å². The number of hydrogen-bond acceptors (Lipinski definition) is 6. The first-order chi connectivity index (χ1) is 18.8. The fourth-order valence-corrected chi connectivity index (χ4v) is 12.6. The Balaban J connectivity index is 1.75. The first-order valence-corrected chi connectivity index (χ1v) is 26.2. The van der Waals surface area contributed by atoms with E-state index in [-0.39, 0.29) is 40.6 Å². The van der Waals surface area contributed by atoms with Crippen LogP contribution in [0.5, 0.6) is 0 Å². The van der Waals surface area contributed by atoms with E-state index in [4.69, 9.17) is 23.4 Å². The van der Waals surface area contributed by atoms with Crippen LogP contribution in [0.2, 0.25) is 63.5 Å². The smallest absolute Gasteiger partial charge is 0.192 e. The van der Waals surface area contributed by atoms with Crippen LogP contribution in [0, 0.1) is 23.2 Å². The Morgan fingerprint density at radius 1 is 0.927 bits per heavy atom. The van der Waals surface area contributed by atoms with Gasteiger partial charge in [0.05, 0.1) is 26.4 Å². The minimum Gasteiger partial charge on any atom is -0.411 e. The highest BCUT2D eigenvalue weighted by atomic mass is 28.4. The molecule has 0 aromatic rings. The Hall–Kier alpha value is -0.139. The molecule has 4 rings (SSSR count). The number of ketones is 1. The van der Waals surface area contributed by atoms with Gasteiger partial charge in [-0.3, -0.25) is 4.79 Å². The molecule has 0 N–H and O–H groups in total. The number of methoxy groups -OCH3 is 1. The van der Waals surface area contributed by atoms with E-state index >= 15 is 0 Å². The van der Waals surface area contributed by atoms with Gasteiger partial charge in [-0.1, -0.05) is 65.6 Å². The Morgan fingerprint density at radius 3 is 2.20 bits per heavy atom. The molecule has 7 atom stereocenters. The van der Waals surface area contributed by atoms with Crippen LogP contribution in [-0.2, 0) is 28.2 Å². The highest BCUT2D eigenvalue weighted by Gasteiger charge is 2.70. The van der Waals surface area contributed by atoms with Crippen LogP contribution < -0.4 is 0 Å². The van der Waals surface area contributed by atoms with Gasteiger partial charge in [0.1, 0.15) is 13.6 Å². The van der Waals surface area contributed by atoms with Crippen molar-refractivity contribution in [1.29, 1.82) is 0 Å². The predicted molar refractivity (Wildman–Crippen MR) is 174 cm³/mol. The molecule has 0 aliphatic heterocycles. The summed E-state index contributed by atoms with van der Waals surface area (Å²) < 4.78 is 32.3. The molecular weight excluding hydrogens is 565 g/mol. The van der Waals surface area contributed by atoms with Gasteiger partial charge in [-0.05, 0) is 66.9 Å². The minimum atomic E-state index is -2.05. The van der Waals surface area contributed by atoms with Crippen LogP contribution in [0.15, 0.2) is 10.8 Å². The molecule has 9 heteroatoms. The standard InChI is InChI=1S/C32H60O6Si3/c1-31(2,3)41(11,12)38-26-14-13-22-17-27(36-20-34-4)28-23-18-25(33)29(40(8,9)10)24(23)19-32(22,28)30(26)37-21-35-15-16-39(5,6)7/h22-23,26-28,30H,13-21H2,1-12H3/t22-,23-,26-,27+,28-,30+,32-/m0/s1. The Bertz CT molecular complexity index is 991. The van der Waals surface area contributed by atoms with E-state index in [1.54, 1.807) is 7.11 Å². The number of allylic oxidation sites excluding steroid dienone is 2. The average Bonchev–Trinajstić information content (AvgIpc) is 3.40. The second-order valence-corrected chi connectivity index (χ2v) is 32.5. The SMILES string of the molecule is COCO[C@@H]1C[C@@H]2CC[C@H](O[Si](C)(C)C(C)(C)C)[C@@H](OCOCC[Si](C)(C)C)[C@@]23CC2=C([Si](C)(C)C)C(=O)C[C@@H]2[C@@H]13. The van der Waals surface area contributed by atoms with Crippen LogP contribution in [0.25, 0.3) is 0 Å². The summed E-state index contributed by atoms with van der Waals surface area (Å²) in [6.07, 6.45) is 4.75. The monoisotopic (exact) mass is 624 g/mol. The molecule has 1 spiro atoms. The maximum Gasteiger partial charge on any atom is 0.192 e. The summed E-state index contributed by atoms with van der Waals surface area (Å²) in [4.78, 5) is 13.5. The molecule has 0 amide bonds. The lowest BCUT2D eigenvalue weighted by atomic mass is 9.61. The van der Waals surface area contributed by atoms with Crippen molar-refractivity contribution in [3.63, 3.8) is 0 Å². The molecule has 0 aromatic carbocycles. The maximum atomic E-state index is 13.5. The minimum absolute atomic E-state index is 0.0295. The van der Waals surface area contributed by atoms with Crippen LogP contribution >= 0.6 is 0 Å². The van der Waals surface area contributed by atoms with E-state index < -0.39 is 24.5 Å². The van der Waals surface area contributed by atoms with Gasteiger partial charge < -0.3 is 23.4 Å². The summed E-state index contributed by atoms with van der Waals surface area (Å²) >= 11 is 0. The second-order valence-electron chi connectivity index (χ2n) is 17.2. The van der Waals surface area contributed by atoms with E-state index in [9.17, 15) is 4.79 Å². The topological polar surface area (TPSA) is 63.2 Å². The van der Waals surface area contributed by atoms with Crippen LogP contribution in [0.4, 0.5) is 0 Å². The summed E-state index contributed by atoms with van der Waals surface area (Å²) in [5.41, 5.74) is 1.34. The van der Waals surface area contributed by atoms with Gasteiger partial charge in [0, 0.05) is 39.5 Å². The number of rotatable bonds is 12. The van der Waals surface area contributed by atoms with Gasteiger partial charge >= 0.3 is 0 Å². The molecule has 0 bridgehead atoms. The van der Waals surface area contributed by atoms with E-state index in [2.05, 4.69) is 73.1 Å². The van der Waals surface area contributed by atoms with Crippen molar-refractivity contribution in [2.45, 2.75) is 135 Å². The third kappa shape index (κ3) is 6.63. The number of fused-ring (bicyclic) bond motifs is 2. The van der Waals surface area contributed by atoms with Crippen molar-refractivity contribution >= 4 is 30.2 Å². The van der Waals surface area contributed by atoms with Crippen LogP contribution in [0.1, 0.15) is 52.9 Å². The van der Waals surface area contributed by atoms with Crippen molar-refractivity contribution in [3.8, 4) is 0 Å². The zero-order chi connectivity index (χ0) is 30.6. The van der Waals surface area contributed by atoms with Gasteiger partial charge in [-0.25, -0.2) is 0 Å². The van der Waals surface area contributed by atoms with Gasteiger partial charge in [0.2, 0.25) is 0 Å². The summed E-state index contributed by atoms with van der Waals surface area (Å²) in [6.45, 7) is 27.2. The molecule has 3 fully saturated rings. The molecule has 6 nitrogen and oxygen atoms in total. The van der Waals surface area contributed by atoms with E-state index in [1.165, 1.54) is 10.8 Å². The quantitative estimate of drug-likeness (QED) is 0.126. The van der Waals surface area contributed by atoms with Crippen molar-refractivity contribution < 1.29 is 28.2 Å². The lowest BCUT2D eigenvalue weighted by Crippen LogP contribution is -2.58. The van der Waals surface area contributed by atoms with Crippen LogP contribution in [0.3, 0.4) is 0 Å². The lowest BCUT2D eigenvalue weighted by molar-refractivity contribution is -0.200. The summed E-state index contributed by atoms with van der Waals surface area (Å²) in [7, 11) is -3.34. The zero-order valence-corrected chi connectivity index (χ0v) is 31.3. The molecule has 0 unspecified atom stereocenters. The second kappa shape index (κ2) is 12.0. The molecule has 4 aliphatic carbocycles. The number of hydrogen-bond donors (Lipinski definition) is 0. The fourth-order valence-electron chi connectivity index (χ4n) is 8.34. The largest absolute Gasteiger partial charge is 0.411 e. The molecular formula is C32H60O6Si3. The molecule has 0 saturated heterocycles. The number of ether oxygens (including phenoxy) is 4. The van der Waals surface area contributed by atoms with E-state index in [0.717, 1.165) is 38.3 Å². The highest BCUT2D eigenvalue weighted by molar-refractivity contribution is 6.87. The van der Waals surface area contributed by atoms with Gasteiger partial charge in [0.15, 0.2) is 14.1 Å². The van der Waals surface area contributed by atoms with Gasteiger partial charge in [-0.2, -0.15) is 0 Å². The average molecular weight is 625 g/mol. The fraction of sp³-hybridized carbons (Fsp3) is 0.906. The van der Waals surface area contributed by atoms with Crippen LogP contribution in [-0.4, -0.2) is 75.9 Å². The third-order valence-corrected chi connectivity index (χ3v) is 19.4. The van der Waals surface area contributed by atoms with Crippen molar-refractivity contribution in [2.24, 2.45) is 23.2 Å². The predicted octanol–water partition coefficient (Wildman–Crippen LogP) is 7.65. The van der Waals surface area contributed by atoms with Crippen molar-refractivity contribution in [1.82, 2.24) is 0 Å². The number of Topliss-reactive ketones (excluding diaryl/α,β-unsaturated/α-hetero) is 1. The molecule has 236 valence electrons.